The molecule has 0 aromatic carbocycles. The third kappa shape index (κ3) is 28.0. The van der Waals surface area contributed by atoms with E-state index < -0.39 is 0 Å². The minimum absolute atomic E-state index is 0.0308. The van der Waals surface area contributed by atoms with Crippen LogP contribution >= 0.6 is 0 Å². The zero-order valence-electron chi connectivity index (χ0n) is 22.8. The van der Waals surface area contributed by atoms with Crippen molar-refractivity contribution in [2.24, 2.45) is 0 Å². The Kier molecular flexibility index (Phi) is 29.0. The Morgan fingerprint density at radius 2 is 0.500 bits per heavy atom. The van der Waals surface area contributed by atoms with Crippen LogP contribution in [0.15, 0.2) is 0 Å². The van der Waals surface area contributed by atoms with Crippen molar-refractivity contribution in [1.29, 1.82) is 0 Å². The molecule has 0 saturated heterocycles. The fraction of sp³-hybridized carbons (Fsp3) is 1.00. The van der Waals surface area contributed by atoms with Crippen LogP contribution in [0.25, 0.3) is 0 Å². The first-order chi connectivity index (χ1) is 15.8. The normalized spacial score (nSPS) is 12.5. The summed E-state index contributed by atoms with van der Waals surface area (Å²) in [5.41, 5.74) is 0. The van der Waals surface area contributed by atoms with Gasteiger partial charge in [0.2, 0.25) is 0 Å². The van der Waals surface area contributed by atoms with Gasteiger partial charge < -0.3 is 5.11 Å². The van der Waals surface area contributed by atoms with E-state index in [1.165, 1.54) is 167 Å². The number of rotatable bonds is 28. The van der Waals surface area contributed by atoms with Crippen LogP contribution in [-0.4, -0.2) is 11.2 Å². The van der Waals surface area contributed by atoms with E-state index in [4.69, 9.17) is 0 Å². The highest BCUT2D eigenvalue weighted by molar-refractivity contribution is 4.58. The number of unbranched alkanes of at least 4 members (excludes halogenated alkanes) is 24. The Balaban J connectivity index is 3.09. The molecule has 0 radical (unpaired) electrons. The predicted octanol–water partition coefficient (Wildman–Crippen LogP) is 11.3. The third-order valence-corrected chi connectivity index (χ3v) is 7.28. The molecule has 0 aromatic heterocycles. The number of aliphatic hydroxyl groups is 1. The summed E-state index contributed by atoms with van der Waals surface area (Å²) in [7, 11) is 0. The maximum absolute atomic E-state index is 10.1. The maximum atomic E-state index is 10.1. The largest absolute Gasteiger partial charge is 0.393 e. The summed E-state index contributed by atoms with van der Waals surface area (Å²) in [6, 6.07) is 0. The minimum Gasteiger partial charge on any atom is -0.393 e. The summed E-state index contributed by atoms with van der Waals surface area (Å²) in [5.74, 6) is 0. The van der Waals surface area contributed by atoms with Gasteiger partial charge in [0, 0.05) is 0 Å². The van der Waals surface area contributed by atoms with Crippen LogP contribution in [0.1, 0.15) is 194 Å². The lowest BCUT2D eigenvalue weighted by Gasteiger charge is -2.10. The molecule has 1 N–H and O–H groups in total. The highest BCUT2D eigenvalue weighted by Gasteiger charge is 2.03. The number of hydrogen-bond acceptors (Lipinski definition) is 1. The van der Waals surface area contributed by atoms with E-state index in [1.54, 1.807) is 0 Å². The average molecular weight is 453 g/mol. The van der Waals surface area contributed by atoms with E-state index >= 15 is 0 Å². The second-order valence-corrected chi connectivity index (χ2v) is 10.7. The molecule has 1 atom stereocenters. The van der Waals surface area contributed by atoms with Crippen molar-refractivity contribution >= 4 is 0 Å². The standard InChI is InChI=1S/C31H64O/c1-3-5-7-9-11-12-13-14-15-16-17-18-19-20-21-22-23-24-26-28-30-31(32)29-27-25-10-8-6-4-2/h31-32H,3-30H2,1-2H3. The smallest absolute Gasteiger partial charge is 0.0540 e. The molecule has 0 aliphatic heterocycles. The van der Waals surface area contributed by atoms with Crippen LogP contribution in [0.3, 0.4) is 0 Å². The molecule has 1 heteroatoms. The Bertz CT molecular complexity index is 314. The van der Waals surface area contributed by atoms with Gasteiger partial charge in [-0.3, -0.25) is 0 Å². The second-order valence-electron chi connectivity index (χ2n) is 10.7. The molecule has 0 spiro atoms. The highest BCUT2D eigenvalue weighted by atomic mass is 16.3. The topological polar surface area (TPSA) is 20.2 Å². The van der Waals surface area contributed by atoms with E-state index in [1.807, 2.05) is 0 Å². The molecule has 1 nitrogen and oxygen atoms in total. The summed E-state index contributed by atoms with van der Waals surface area (Å²) in [4.78, 5) is 0. The summed E-state index contributed by atoms with van der Waals surface area (Å²) in [6.45, 7) is 4.57. The number of hydrogen-bond donors (Lipinski definition) is 1. The van der Waals surface area contributed by atoms with Crippen molar-refractivity contribution < 1.29 is 5.11 Å². The van der Waals surface area contributed by atoms with Crippen molar-refractivity contribution in [3.8, 4) is 0 Å². The van der Waals surface area contributed by atoms with Crippen LogP contribution < -0.4 is 0 Å². The van der Waals surface area contributed by atoms with Gasteiger partial charge in [0.05, 0.1) is 6.10 Å². The highest BCUT2D eigenvalue weighted by Crippen LogP contribution is 2.16. The molecule has 0 fully saturated rings. The summed E-state index contributed by atoms with van der Waals surface area (Å²) < 4.78 is 0. The fourth-order valence-electron chi connectivity index (χ4n) is 4.94. The molecule has 0 amide bonds. The molecule has 0 aromatic rings. The quantitative estimate of drug-likeness (QED) is 0.117. The predicted molar refractivity (Wildman–Crippen MR) is 147 cm³/mol. The average Bonchev–Trinajstić information content (AvgIpc) is 2.80. The van der Waals surface area contributed by atoms with Gasteiger partial charge in [0.1, 0.15) is 0 Å². The molecule has 0 bridgehead atoms. The molecule has 0 saturated carbocycles. The van der Waals surface area contributed by atoms with Gasteiger partial charge in [-0.2, -0.15) is 0 Å². The molecule has 0 aliphatic carbocycles. The van der Waals surface area contributed by atoms with Crippen molar-refractivity contribution in [2.75, 3.05) is 0 Å². The van der Waals surface area contributed by atoms with Gasteiger partial charge in [-0.05, 0) is 12.8 Å². The van der Waals surface area contributed by atoms with Crippen LogP contribution in [0.4, 0.5) is 0 Å². The molecule has 0 aliphatic rings. The van der Waals surface area contributed by atoms with Gasteiger partial charge in [-0.15, -0.1) is 0 Å². The van der Waals surface area contributed by atoms with Crippen LogP contribution in [0.2, 0.25) is 0 Å². The van der Waals surface area contributed by atoms with Crippen LogP contribution in [0, 0.1) is 0 Å². The first-order valence-electron chi connectivity index (χ1n) is 15.5. The Morgan fingerprint density at radius 1 is 0.312 bits per heavy atom. The lowest BCUT2D eigenvalue weighted by molar-refractivity contribution is 0.147. The van der Waals surface area contributed by atoms with E-state index in [9.17, 15) is 5.11 Å². The van der Waals surface area contributed by atoms with Crippen molar-refractivity contribution in [1.82, 2.24) is 0 Å². The van der Waals surface area contributed by atoms with Gasteiger partial charge in [0.25, 0.3) is 0 Å². The molecule has 0 rings (SSSR count). The SMILES string of the molecule is CCCCCCCCCCCCCCCCCCCCCCC(O)CCCCCCCC. The Morgan fingerprint density at radius 3 is 0.719 bits per heavy atom. The Hall–Kier alpha value is -0.0400. The Labute approximate surface area is 204 Å². The first kappa shape index (κ1) is 32.0. The fourth-order valence-corrected chi connectivity index (χ4v) is 4.94. The van der Waals surface area contributed by atoms with Gasteiger partial charge in [-0.1, -0.05) is 181 Å². The van der Waals surface area contributed by atoms with Crippen molar-refractivity contribution in [2.45, 2.75) is 200 Å². The summed E-state index contributed by atoms with van der Waals surface area (Å²) >= 11 is 0. The number of aliphatic hydroxyl groups excluding tert-OH is 1. The lowest BCUT2D eigenvalue weighted by Crippen LogP contribution is -2.05. The van der Waals surface area contributed by atoms with Gasteiger partial charge in [0.15, 0.2) is 0 Å². The van der Waals surface area contributed by atoms with E-state index in [2.05, 4.69) is 13.8 Å². The summed E-state index contributed by atoms with van der Waals surface area (Å²) in [6.07, 6.45) is 38.7. The minimum atomic E-state index is -0.0308. The molecule has 194 valence electrons. The zero-order chi connectivity index (χ0) is 23.4. The lowest BCUT2D eigenvalue weighted by atomic mass is 10.0. The molecule has 32 heavy (non-hydrogen) atoms. The van der Waals surface area contributed by atoms with Crippen molar-refractivity contribution in [3.05, 3.63) is 0 Å². The molecular weight excluding hydrogens is 388 g/mol. The monoisotopic (exact) mass is 452 g/mol. The van der Waals surface area contributed by atoms with E-state index in [0.717, 1.165) is 12.8 Å². The summed E-state index contributed by atoms with van der Waals surface area (Å²) in [5, 5.41) is 10.1. The van der Waals surface area contributed by atoms with E-state index in [0.29, 0.717) is 0 Å². The van der Waals surface area contributed by atoms with Crippen molar-refractivity contribution in [3.63, 3.8) is 0 Å². The molecule has 1 unspecified atom stereocenters. The molecule has 0 heterocycles. The van der Waals surface area contributed by atoms with Crippen LogP contribution in [0.5, 0.6) is 0 Å². The van der Waals surface area contributed by atoms with E-state index in [-0.39, 0.29) is 6.10 Å². The van der Waals surface area contributed by atoms with Gasteiger partial charge in [-0.25, -0.2) is 0 Å². The molecular formula is C31H64O. The van der Waals surface area contributed by atoms with Gasteiger partial charge >= 0.3 is 0 Å². The third-order valence-electron chi connectivity index (χ3n) is 7.28. The second kappa shape index (κ2) is 29.0. The zero-order valence-corrected chi connectivity index (χ0v) is 22.8. The van der Waals surface area contributed by atoms with Crippen LogP contribution in [-0.2, 0) is 0 Å². The first-order valence-corrected chi connectivity index (χ1v) is 15.5. The maximum Gasteiger partial charge on any atom is 0.0540 e.